The van der Waals surface area contributed by atoms with Crippen molar-refractivity contribution in [3.8, 4) is 0 Å². The van der Waals surface area contributed by atoms with Gasteiger partial charge in [-0.1, -0.05) is 56.7 Å². The van der Waals surface area contributed by atoms with Crippen LogP contribution in [-0.2, 0) is 0 Å². The Balaban J connectivity index is 1.99. The molecule has 1 heteroatoms. The van der Waals surface area contributed by atoms with Crippen LogP contribution in [0.1, 0.15) is 44.6 Å². The molecule has 0 nitrogen and oxygen atoms in total. The molecular weight excluding hydrogens is 260 g/mol. The van der Waals surface area contributed by atoms with Crippen molar-refractivity contribution in [2.24, 2.45) is 23.2 Å². The standard InChI is InChI=1S/C19H26S/c1-19(2)17(12-13-20-3)15-10-7-11-16(15)18(19)14-8-5-4-6-9-14/h4-6,8-9,12-13,15-18H,7,10-11H2,1-3H3/b13-12+. The Morgan fingerprint density at radius 1 is 1.10 bits per heavy atom. The van der Waals surface area contributed by atoms with E-state index < -0.39 is 0 Å². The fourth-order valence-corrected chi connectivity index (χ4v) is 5.41. The molecule has 2 aliphatic carbocycles. The fourth-order valence-electron chi connectivity index (χ4n) is 5.08. The van der Waals surface area contributed by atoms with Crippen molar-refractivity contribution in [2.45, 2.75) is 39.0 Å². The second-order valence-corrected chi connectivity index (χ2v) is 7.80. The number of benzene rings is 1. The lowest BCUT2D eigenvalue weighted by Crippen LogP contribution is -2.25. The van der Waals surface area contributed by atoms with Crippen LogP contribution in [0.2, 0.25) is 0 Å². The van der Waals surface area contributed by atoms with E-state index in [9.17, 15) is 0 Å². The largest absolute Gasteiger partial charge is 0.138 e. The van der Waals surface area contributed by atoms with E-state index in [1.807, 2.05) is 11.8 Å². The molecule has 0 heterocycles. The van der Waals surface area contributed by atoms with E-state index in [2.05, 4.69) is 61.9 Å². The molecule has 0 saturated heterocycles. The Morgan fingerprint density at radius 3 is 2.50 bits per heavy atom. The summed E-state index contributed by atoms with van der Waals surface area (Å²) < 4.78 is 0. The summed E-state index contributed by atoms with van der Waals surface area (Å²) in [5.74, 6) is 3.27. The number of hydrogen-bond acceptors (Lipinski definition) is 1. The average molecular weight is 286 g/mol. The van der Waals surface area contributed by atoms with Crippen LogP contribution < -0.4 is 0 Å². The second kappa shape index (κ2) is 5.60. The van der Waals surface area contributed by atoms with Gasteiger partial charge in [0, 0.05) is 0 Å². The lowest BCUT2D eigenvalue weighted by Gasteiger charge is -2.34. The number of rotatable bonds is 3. The highest BCUT2D eigenvalue weighted by Crippen LogP contribution is 2.64. The summed E-state index contributed by atoms with van der Waals surface area (Å²) in [6, 6.07) is 11.3. The van der Waals surface area contributed by atoms with E-state index in [4.69, 9.17) is 0 Å². The molecule has 4 atom stereocenters. The van der Waals surface area contributed by atoms with Gasteiger partial charge < -0.3 is 0 Å². The van der Waals surface area contributed by atoms with Crippen molar-refractivity contribution in [2.75, 3.05) is 6.26 Å². The molecule has 2 aliphatic rings. The summed E-state index contributed by atoms with van der Waals surface area (Å²) in [5.41, 5.74) is 1.94. The summed E-state index contributed by atoms with van der Waals surface area (Å²) in [7, 11) is 0. The molecule has 0 N–H and O–H groups in total. The van der Waals surface area contributed by atoms with Crippen LogP contribution in [0.4, 0.5) is 0 Å². The lowest BCUT2D eigenvalue weighted by molar-refractivity contribution is 0.238. The molecule has 1 aromatic rings. The zero-order valence-electron chi connectivity index (χ0n) is 12.9. The summed E-state index contributed by atoms with van der Waals surface area (Å²) in [6.45, 7) is 5.00. The molecule has 1 aromatic carbocycles. The Morgan fingerprint density at radius 2 is 1.80 bits per heavy atom. The lowest BCUT2D eigenvalue weighted by atomic mass is 9.70. The minimum atomic E-state index is 0.378. The predicted molar refractivity (Wildman–Crippen MR) is 89.9 cm³/mol. The van der Waals surface area contributed by atoms with E-state index in [1.54, 1.807) is 5.56 Å². The molecule has 0 amide bonds. The van der Waals surface area contributed by atoms with Crippen molar-refractivity contribution in [1.29, 1.82) is 0 Å². The summed E-state index contributed by atoms with van der Waals surface area (Å²) in [4.78, 5) is 0. The average Bonchev–Trinajstić information content (AvgIpc) is 2.95. The fraction of sp³-hybridized carbons (Fsp3) is 0.579. The SMILES string of the molecule is CS/C=C/C1C2CCCC2C(c2ccccc2)C1(C)C. The molecule has 20 heavy (non-hydrogen) atoms. The molecule has 0 aliphatic heterocycles. The molecule has 2 fully saturated rings. The van der Waals surface area contributed by atoms with Gasteiger partial charge in [0.1, 0.15) is 0 Å². The number of hydrogen-bond donors (Lipinski definition) is 0. The van der Waals surface area contributed by atoms with Gasteiger partial charge in [-0.05, 0) is 59.2 Å². The number of fused-ring (bicyclic) bond motifs is 1. The normalized spacial score (nSPS) is 35.5. The van der Waals surface area contributed by atoms with Crippen LogP contribution in [-0.4, -0.2) is 6.26 Å². The zero-order valence-corrected chi connectivity index (χ0v) is 13.7. The third-order valence-electron chi connectivity index (χ3n) is 5.76. The second-order valence-electron chi connectivity index (χ2n) is 7.06. The summed E-state index contributed by atoms with van der Waals surface area (Å²) in [6.07, 6.45) is 8.96. The first-order chi connectivity index (χ1) is 9.66. The summed E-state index contributed by atoms with van der Waals surface area (Å²) >= 11 is 1.84. The minimum Gasteiger partial charge on any atom is -0.138 e. The molecule has 3 rings (SSSR count). The van der Waals surface area contributed by atoms with Gasteiger partial charge in [0.25, 0.3) is 0 Å². The highest BCUT2D eigenvalue weighted by Gasteiger charge is 2.55. The van der Waals surface area contributed by atoms with Gasteiger partial charge >= 0.3 is 0 Å². The molecule has 0 radical (unpaired) electrons. The van der Waals surface area contributed by atoms with Crippen LogP contribution >= 0.6 is 11.8 Å². The van der Waals surface area contributed by atoms with Crippen molar-refractivity contribution in [3.63, 3.8) is 0 Å². The van der Waals surface area contributed by atoms with E-state index in [-0.39, 0.29) is 0 Å². The Kier molecular flexibility index (Phi) is 3.99. The highest BCUT2D eigenvalue weighted by molar-refractivity contribution is 8.01. The highest BCUT2D eigenvalue weighted by atomic mass is 32.2. The first kappa shape index (κ1) is 14.3. The Bertz CT molecular complexity index is 474. The Labute approximate surface area is 128 Å². The van der Waals surface area contributed by atoms with Crippen molar-refractivity contribution < 1.29 is 0 Å². The molecule has 0 bridgehead atoms. The van der Waals surface area contributed by atoms with E-state index >= 15 is 0 Å². The van der Waals surface area contributed by atoms with E-state index in [1.165, 1.54) is 19.3 Å². The van der Waals surface area contributed by atoms with Gasteiger partial charge in [0.05, 0.1) is 0 Å². The quantitative estimate of drug-likeness (QED) is 0.685. The molecular formula is C19H26S. The Hall–Kier alpha value is -0.690. The first-order valence-corrected chi connectivity index (χ1v) is 9.19. The van der Waals surface area contributed by atoms with Gasteiger partial charge in [0.2, 0.25) is 0 Å². The van der Waals surface area contributed by atoms with Gasteiger partial charge in [-0.25, -0.2) is 0 Å². The molecule has 2 saturated carbocycles. The number of thioether (sulfide) groups is 1. The molecule has 4 unspecified atom stereocenters. The van der Waals surface area contributed by atoms with Gasteiger partial charge in [-0.2, -0.15) is 0 Å². The third-order valence-corrected chi connectivity index (χ3v) is 6.18. The van der Waals surface area contributed by atoms with Crippen LogP contribution in [0.25, 0.3) is 0 Å². The van der Waals surface area contributed by atoms with Crippen LogP contribution in [0.15, 0.2) is 41.8 Å². The van der Waals surface area contributed by atoms with E-state index in [0.717, 1.165) is 23.7 Å². The topological polar surface area (TPSA) is 0 Å². The van der Waals surface area contributed by atoms with Gasteiger partial charge in [-0.3, -0.25) is 0 Å². The molecule has 0 spiro atoms. The van der Waals surface area contributed by atoms with Crippen molar-refractivity contribution in [3.05, 3.63) is 47.4 Å². The predicted octanol–water partition coefficient (Wildman–Crippen LogP) is 5.72. The third kappa shape index (κ3) is 2.24. The summed E-state index contributed by atoms with van der Waals surface area (Å²) in [5, 5.41) is 2.31. The van der Waals surface area contributed by atoms with Gasteiger partial charge in [-0.15, -0.1) is 11.8 Å². The maximum Gasteiger partial charge on any atom is -0.00737 e. The first-order valence-electron chi connectivity index (χ1n) is 7.90. The monoisotopic (exact) mass is 286 g/mol. The van der Waals surface area contributed by atoms with Gasteiger partial charge in [0.15, 0.2) is 0 Å². The van der Waals surface area contributed by atoms with Crippen LogP contribution in [0.5, 0.6) is 0 Å². The van der Waals surface area contributed by atoms with E-state index in [0.29, 0.717) is 5.41 Å². The smallest absolute Gasteiger partial charge is 0.00737 e. The zero-order chi connectivity index (χ0) is 14.2. The van der Waals surface area contributed by atoms with Crippen molar-refractivity contribution in [1.82, 2.24) is 0 Å². The molecule has 0 aromatic heterocycles. The molecule has 108 valence electrons. The maximum absolute atomic E-state index is 2.51. The van der Waals surface area contributed by atoms with Crippen molar-refractivity contribution >= 4 is 11.8 Å². The van der Waals surface area contributed by atoms with Crippen LogP contribution in [0, 0.1) is 23.2 Å². The minimum absolute atomic E-state index is 0.378. The number of allylic oxidation sites excluding steroid dienone is 1. The van der Waals surface area contributed by atoms with Crippen LogP contribution in [0.3, 0.4) is 0 Å². The maximum atomic E-state index is 2.51.